The van der Waals surface area contributed by atoms with E-state index in [9.17, 15) is 4.79 Å². The summed E-state index contributed by atoms with van der Waals surface area (Å²) in [5.41, 5.74) is 5.44. The first-order chi connectivity index (χ1) is 15.2. The van der Waals surface area contributed by atoms with Crippen LogP contribution >= 0.6 is 0 Å². The van der Waals surface area contributed by atoms with Gasteiger partial charge >= 0.3 is 0 Å². The first-order valence-corrected chi connectivity index (χ1v) is 10.4. The summed E-state index contributed by atoms with van der Waals surface area (Å²) in [6.07, 6.45) is 0. The Morgan fingerprint density at radius 1 is 1.00 bits per heavy atom. The molecule has 1 heterocycles. The molecule has 3 aromatic carbocycles. The summed E-state index contributed by atoms with van der Waals surface area (Å²) in [5, 5.41) is 15.0. The Kier molecular flexibility index (Phi) is 6.50. The first-order valence-electron chi connectivity index (χ1n) is 10.4. The Labute approximate surface area is 181 Å². The Morgan fingerprint density at radius 3 is 2.55 bits per heavy atom. The number of aliphatic hydroxyl groups is 1. The maximum absolute atomic E-state index is 12.8. The van der Waals surface area contributed by atoms with E-state index in [4.69, 9.17) is 14.6 Å². The molecule has 3 N–H and O–H groups in total. The second kappa shape index (κ2) is 9.64. The Bertz CT molecular complexity index is 1060. The number of nitrogens with one attached hydrogen (secondary N) is 2. The van der Waals surface area contributed by atoms with Crippen molar-refractivity contribution in [3.8, 4) is 22.6 Å². The van der Waals surface area contributed by atoms with Gasteiger partial charge in [0.05, 0.1) is 6.61 Å². The number of fused-ring (bicyclic) bond motifs is 1. The van der Waals surface area contributed by atoms with Gasteiger partial charge in [0.2, 0.25) is 0 Å². The van der Waals surface area contributed by atoms with Crippen LogP contribution in [0.3, 0.4) is 0 Å². The maximum Gasteiger partial charge on any atom is 0.255 e. The van der Waals surface area contributed by atoms with Crippen LogP contribution in [0.15, 0.2) is 60.7 Å². The topological polar surface area (TPSA) is 79.8 Å². The normalized spacial score (nSPS) is 12.5. The molecule has 0 unspecified atom stereocenters. The van der Waals surface area contributed by atoms with Gasteiger partial charge in [-0.05, 0) is 59.5 Å². The molecule has 31 heavy (non-hydrogen) atoms. The van der Waals surface area contributed by atoms with Crippen LogP contribution < -0.4 is 20.1 Å². The molecule has 160 valence electrons. The van der Waals surface area contributed by atoms with Crippen LogP contribution in [-0.4, -0.2) is 37.4 Å². The molecule has 4 rings (SSSR count). The third-order valence-corrected chi connectivity index (χ3v) is 5.27. The molecule has 1 aliphatic heterocycles. The van der Waals surface area contributed by atoms with Crippen molar-refractivity contribution in [3.05, 3.63) is 77.4 Å². The highest BCUT2D eigenvalue weighted by atomic mass is 16.6. The summed E-state index contributed by atoms with van der Waals surface area (Å²) in [4.78, 5) is 12.8. The SMILES string of the molecule is Cc1c(NC(=O)c2ccc(CNCCO)cc2)cccc1-c1ccc2c(c1)OCCO2. The van der Waals surface area contributed by atoms with Gasteiger partial charge < -0.3 is 25.2 Å². The summed E-state index contributed by atoms with van der Waals surface area (Å²) in [7, 11) is 0. The smallest absolute Gasteiger partial charge is 0.255 e. The Balaban J connectivity index is 1.50. The van der Waals surface area contributed by atoms with Crippen molar-refractivity contribution in [2.24, 2.45) is 0 Å². The van der Waals surface area contributed by atoms with Gasteiger partial charge in [0.25, 0.3) is 5.91 Å². The van der Waals surface area contributed by atoms with Crippen molar-refractivity contribution in [2.75, 3.05) is 31.7 Å². The molecule has 0 radical (unpaired) electrons. The third-order valence-electron chi connectivity index (χ3n) is 5.27. The molecular weight excluding hydrogens is 392 g/mol. The molecule has 0 saturated carbocycles. The highest BCUT2D eigenvalue weighted by molar-refractivity contribution is 6.05. The fourth-order valence-corrected chi connectivity index (χ4v) is 3.57. The lowest BCUT2D eigenvalue weighted by molar-refractivity contribution is 0.102. The monoisotopic (exact) mass is 418 g/mol. The predicted molar refractivity (Wildman–Crippen MR) is 121 cm³/mol. The van der Waals surface area contributed by atoms with E-state index in [0.717, 1.165) is 39.4 Å². The molecule has 3 aromatic rings. The average molecular weight is 418 g/mol. The van der Waals surface area contributed by atoms with E-state index in [-0.39, 0.29) is 12.5 Å². The van der Waals surface area contributed by atoms with Crippen LogP contribution in [0.1, 0.15) is 21.5 Å². The Morgan fingerprint density at radius 2 is 1.77 bits per heavy atom. The van der Waals surface area contributed by atoms with Crippen LogP contribution in [0.5, 0.6) is 11.5 Å². The van der Waals surface area contributed by atoms with E-state index >= 15 is 0 Å². The second-order valence-electron chi connectivity index (χ2n) is 7.39. The van der Waals surface area contributed by atoms with Crippen LogP contribution in [0.25, 0.3) is 11.1 Å². The highest BCUT2D eigenvalue weighted by Crippen LogP contribution is 2.36. The zero-order valence-electron chi connectivity index (χ0n) is 17.5. The van der Waals surface area contributed by atoms with Gasteiger partial charge in [0, 0.05) is 24.3 Å². The van der Waals surface area contributed by atoms with Gasteiger partial charge in [-0.15, -0.1) is 0 Å². The van der Waals surface area contributed by atoms with Gasteiger partial charge in [-0.3, -0.25) is 4.79 Å². The number of carbonyl (C=O) groups excluding carboxylic acids is 1. The van der Waals surface area contributed by atoms with E-state index in [1.54, 1.807) is 0 Å². The number of carbonyl (C=O) groups is 1. The highest BCUT2D eigenvalue weighted by Gasteiger charge is 2.15. The van der Waals surface area contributed by atoms with Crippen LogP contribution in [0.4, 0.5) is 5.69 Å². The van der Waals surface area contributed by atoms with Gasteiger partial charge in [0.15, 0.2) is 11.5 Å². The number of hydrogen-bond acceptors (Lipinski definition) is 5. The van der Waals surface area contributed by atoms with Gasteiger partial charge in [-0.2, -0.15) is 0 Å². The predicted octanol–water partition coefficient (Wildman–Crippen LogP) is 3.77. The fourth-order valence-electron chi connectivity index (χ4n) is 3.57. The minimum Gasteiger partial charge on any atom is -0.486 e. The number of hydrogen-bond donors (Lipinski definition) is 3. The quantitative estimate of drug-likeness (QED) is 0.509. The van der Waals surface area contributed by atoms with Crippen molar-refractivity contribution >= 4 is 11.6 Å². The van der Waals surface area contributed by atoms with Gasteiger partial charge in [0.1, 0.15) is 13.2 Å². The first kappa shape index (κ1) is 20.9. The van der Waals surface area contributed by atoms with Gasteiger partial charge in [-0.25, -0.2) is 0 Å². The molecule has 0 saturated heterocycles. The molecule has 1 amide bonds. The van der Waals surface area contributed by atoms with E-state index in [2.05, 4.69) is 10.6 Å². The fraction of sp³-hybridized carbons (Fsp3) is 0.240. The number of benzene rings is 3. The van der Waals surface area contributed by atoms with Crippen molar-refractivity contribution in [2.45, 2.75) is 13.5 Å². The van der Waals surface area contributed by atoms with Crippen LogP contribution in [-0.2, 0) is 6.54 Å². The van der Waals surface area contributed by atoms with Crippen molar-refractivity contribution in [3.63, 3.8) is 0 Å². The van der Waals surface area contributed by atoms with Gasteiger partial charge in [-0.1, -0.05) is 30.3 Å². The van der Waals surface area contributed by atoms with E-state index < -0.39 is 0 Å². The number of amides is 1. The summed E-state index contributed by atoms with van der Waals surface area (Å²) >= 11 is 0. The van der Waals surface area contributed by atoms with Crippen molar-refractivity contribution < 1.29 is 19.4 Å². The summed E-state index contributed by atoms with van der Waals surface area (Å²) in [5.74, 6) is 1.34. The maximum atomic E-state index is 12.8. The van der Waals surface area contributed by atoms with E-state index in [1.165, 1.54) is 0 Å². The van der Waals surface area contributed by atoms with E-state index in [0.29, 0.717) is 31.9 Å². The molecular formula is C25H26N2O4. The minimum absolute atomic E-state index is 0.102. The average Bonchev–Trinajstić information content (AvgIpc) is 2.81. The third kappa shape index (κ3) is 4.87. The van der Waals surface area contributed by atoms with Crippen molar-refractivity contribution in [1.29, 1.82) is 0 Å². The lowest BCUT2D eigenvalue weighted by Crippen LogP contribution is -2.17. The summed E-state index contributed by atoms with van der Waals surface area (Å²) in [6.45, 7) is 4.40. The molecule has 0 aliphatic carbocycles. The number of anilines is 1. The molecule has 6 heteroatoms. The number of ether oxygens (including phenoxy) is 2. The standard InChI is InChI=1S/C25H26N2O4/c1-17-21(20-9-10-23-24(15-20)31-14-13-30-23)3-2-4-22(17)27-25(29)19-7-5-18(6-8-19)16-26-11-12-28/h2-10,15,26,28H,11-14,16H2,1H3,(H,27,29). The summed E-state index contributed by atoms with van der Waals surface area (Å²) in [6, 6.07) is 19.2. The number of rotatable bonds is 7. The Hall–Kier alpha value is -3.35. The number of aliphatic hydroxyl groups excluding tert-OH is 1. The van der Waals surface area contributed by atoms with E-state index in [1.807, 2.05) is 67.6 Å². The van der Waals surface area contributed by atoms with Crippen LogP contribution in [0.2, 0.25) is 0 Å². The molecule has 0 spiro atoms. The molecule has 0 atom stereocenters. The van der Waals surface area contributed by atoms with Crippen molar-refractivity contribution in [1.82, 2.24) is 5.32 Å². The van der Waals surface area contributed by atoms with Crippen LogP contribution in [0, 0.1) is 6.92 Å². The second-order valence-corrected chi connectivity index (χ2v) is 7.39. The lowest BCUT2D eigenvalue weighted by atomic mass is 9.98. The lowest BCUT2D eigenvalue weighted by Gasteiger charge is -2.20. The molecule has 6 nitrogen and oxygen atoms in total. The zero-order valence-corrected chi connectivity index (χ0v) is 17.5. The minimum atomic E-state index is -0.155. The molecule has 0 aromatic heterocycles. The molecule has 0 fully saturated rings. The molecule has 0 bridgehead atoms. The summed E-state index contributed by atoms with van der Waals surface area (Å²) < 4.78 is 11.3. The largest absolute Gasteiger partial charge is 0.486 e. The zero-order chi connectivity index (χ0) is 21.6. The molecule has 1 aliphatic rings.